The van der Waals surface area contributed by atoms with Crippen molar-refractivity contribution in [3.8, 4) is 12.3 Å². The third-order valence-electron chi connectivity index (χ3n) is 3.47. The van der Waals surface area contributed by atoms with E-state index in [2.05, 4.69) is 50.8 Å². The molecule has 4 unspecified atom stereocenters. The van der Waals surface area contributed by atoms with Crippen LogP contribution in [0.4, 0.5) is 0 Å². The van der Waals surface area contributed by atoms with Crippen LogP contribution >= 0.6 is 31.9 Å². The van der Waals surface area contributed by atoms with Gasteiger partial charge in [0.05, 0.1) is 6.10 Å². The molecule has 2 saturated heterocycles. The first-order chi connectivity index (χ1) is 9.17. The summed E-state index contributed by atoms with van der Waals surface area (Å²) < 4.78 is 12.1. The Hall–Kier alpha value is -0.240. The molecular formula is C15H18Br2O2. The van der Waals surface area contributed by atoms with Gasteiger partial charge in [-0.15, -0.1) is 6.42 Å². The molecule has 104 valence electrons. The molecule has 0 amide bonds. The molecule has 5 atom stereocenters. The van der Waals surface area contributed by atoms with Crippen LogP contribution in [0.3, 0.4) is 0 Å². The first kappa shape index (κ1) is 15.2. The van der Waals surface area contributed by atoms with Crippen molar-refractivity contribution < 1.29 is 9.47 Å². The van der Waals surface area contributed by atoms with Crippen LogP contribution in [0.25, 0.3) is 0 Å². The van der Waals surface area contributed by atoms with E-state index in [9.17, 15) is 0 Å². The second-order valence-electron chi connectivity index (χ2n) is 4.77. The molecule has 0 aromatic carbocycles. The molecule has 2 aliphatic rings. The molecule has 0 radical (unpaired) electrons. The van der Waals surface area contributed by atoms with Crippen molar-refractivity contribution >= 4 is 31.9 Å². The first-order valence-electron chi connectivity index (χ1n) is 6.58. The third kappa shape index (κ3) is 3.45. The monoisotopic (exact) mass is 388 g/mol. The van der Waals surface area contributed by atoms with Gasteiger partial charge in [0.2, 0.25) is 0 Å². The largest absolute Gasteiger partial charge is 0.491 e. The molecule has 0 saturated carbocycles. The van der Waals surface area contributed by atoms with Gasteiger partial charge in [0.15, 0.2) is 0 Å². The van der Waals surface area contributed by atoms with Crippen molar-refractivity contribution in [2.24, 2.45) is 0 Å². The van der Waals surface area contributed by atoms with E-state index in [1.165, 1.54) is 0 Å². The lowest BCUT2D eigenvalue weighted by Crippen LogP contribution is -2.25. The average Bonchev–Trinajstić information content (AvgIpc) is 2.95. The lowest BCUT2D eigenvalue weighted by molar-refractivity contribution is 0.0416. The molecule has 0 N–H and O–H groups in total. The summed E-state index contributed by atoms with van der Waals surface area (Å²) >= 11 is 7.35. The smallest absolute Gasteiger partial charge is 0.128 e. The van der Waals surface area contributed by atoms with E-state index in [1.54, 1.807) is 6.08 Å². The van der Waals surface area contributed by atoms with Crippen LogP contribution in [-0.2, 0) is 9.47 Å². The molecule has 2 nitrogen and oxygen atoms in total. The maximum absolute atomic E-state index is 6.10. The summed E-state index contributed by atoms with van der Waals surface area (Å²) in [7, 11) is 0. The van der Waals surface area contributed by atoms with Crippen LogP contribution in [0.2, 0.25) is 0 Å². The molecule has 2 rings (SSSR count). The van der Waals surface area contributed by atoms with Crippen molar-refractivity contribution in [2.75, 3.05) is 0 Å². The van der Waals surface area contributed by atoms with Crippen molar-refractivity contribution in [1.82, 2.24) is 0 Å². The van der Waals surface area contributed by atoms with Crippen LogP contribution < -0.4 is 0 Å². The summed E-state index contributed by atoms with van der Waals surface area (Å²) in [5.74, 6) is 3.45. The molecule has 2 fully saturated rings. The molecule has 0 aromatic rings. The topological polar surface area (TPSA) is 18.5 Å². The predicted molar refractivity (Wildman–Crippen MR) is 84.5 cm³/mol. The standard InChI is InChI=1S/C15H18Br2O2/c1-3-5-6-7-8-11-14(17)15-13(18-11)9-12(19-15)10(16)4-2/h1,5-6,8,10,12-15H,4,7,9H2,2H3/b6-5-,11-8+/t10?,12-,13?,14?,15?/m1/s1. The number of hydrogen-bond donors (Lipinski definition) is 0. The highest BCUT2D eigenvalue weighted by atomic mass is 79.9. The fraction of sp³-hybridized carbons (Fsp3) is 0.600. The fourth-order valence-electron chi connectivity index (χ4n) is 2.46. The minimum absolute atomic E-state index is 0.125. The molecule has 4 heteroatoms. The SMILES string of the molecule is C#C/C=C\C/C=C1/OC2C[C@H](C(Br)CC)OC2C1Br. The number of ether oxygens (including phenoxy) is 2. The third-order valence-corrected chi connectivity index (χ3v) is 5.68. The van der Waals surface area contributed by atoms with Crippen LogP contribution in [0.5, 0.6) is 0 Å². The summed E-state index contributed by atoms with van der Waals surface area (Å²) in [6, 6.07) is 0. The number of rotatable bonds is 4. The summed E-state index contributed by atoms with van der Waals surface area (Å²) in [4.78, 5) is 0.561. The molecule has 19 heavy (non-hydrogen) atoms. The molecule has 0 aromatic heterocycles. The minimum Gasteiger partial charge on any atom is -0.491 e. The Balaban J connectivity index is 1.93. The maximum atomic E-state index is 6.10. The quantitative estimate of drug-likeness (QED) is 0.535. The van der Waals surface area contributed by atoms with E-state index in [-0.39, 0.29) is 23.1 Å². The lowest BCUT2D eigenvalue weighted by Gasteiger charge is -2.18. The van der Waals surface area contributed by atoms with Crippen LogP contribution in [-0.4, -0.2) is 28.0 Å². The van der Waals surface area contributed by atoms with Crippen LogP contribution in [0.1, 0.15) is 26.2 Å². The second kappa shape index (κ2) is 6.97. The number of terminal acetylenes is 1. The Morgan fingerprint density at radius 3 is 3.00 bits per heavy atom. The van der Waals surface area contributed by atoms with Gasteiger partial charge in [-0.2, -0.15) is 0 Å². The van der Waals surface area contributed by atoms with Gasteiger partial charge in [0, 0.05) is 11.2 Å². The second-order valence-corrected chi connectivity index (χ2v) is 6.93. The highest BCUT2D eigenvalue weighted by Crippen LogP contribution is 2.42. The average molecular weight is 390 g/mol. The van der Waals surface area contributed by atoms with Crippen molar-refractivity contribution in [3.05, 3.63) is 24.0 Å². The van der Waals surface area contributed by atoms with E-state index in [0.717, 1.165) is 25.0 Å². The van der Waals surface area contributed by atoms with E-state index >= 15 is 0 Å². The van der Waals surface area contributed by atoms with Gasteiger partial charge < -0.3 is 9.47 Å². The normalized spacial score (nSPS) is 37.3. The van der Waals surface area contributed by atoms with E-state index in [4.69, 9.17) is 15.9 Å². The molecule has 0 bridgehead atoms. The number of halogens is 2. The number of hydrogen-bond acceptors (Lipinski definition) is 2. The Bertz CT molecular complexity index is 411. The van der Waals surface area contributed by atoms with Crippen LogP contribution in [0, 0.1) is 12.3 Å². The van der Waals surface area contributed by atoms with Gasteiger partial charge >= 0.3 is 0 Å². The summed E-state index contributed by atoms with van der Waals surface area (Å²) in [5.41, 5.74) is 0. The van der Waals surface area contributed by atoms with Gasteiger partial charge in [-0.05, 0) is 25.0 Å². The number of alkyl halides is 2. The van der Waals surface area contributed by atoms with Gasteiger partial charge in [0.1, 0.15) is 22.8 Å². The molecule has 2 aliphatic heterocycles. The van der Waals surface area contributed by atoms with E-state index in [1.807, 2.05) is 6.08 Å². The highest BCUT2D eigenvalue weighted by molar-refractivity contribution is 9.09. The summed E-state index contributed by atoms with van der Waals surface area (Å²) in [5, 5.41) is 0. The van der Waals surface area contributed by atoms with Gasteiger partial charge in [-0.3, -0.25) is 0 Å². The van der Waals surface area contributed by atoms with Crippen molar-refractivity contribution in [3.63, 3.8) is 0 Å². The zero-order valence-electron chi connectivity index (χ0n) is 10.9. The number of fused-ring (bicyclic) bond motifs is 1. The maximum Gasteiger partial charge on any atom is 0.128 e. The van der Waals surface area contributed by atoms with Gasteiger partial charge in [-0.25, -0.2) is 0 Å². The van der Waals surface area contributed by atoms with Gasteiger partial charge in [0.25, 0.3) is 0 Å². The molecule has 0 spiro atoms. The summed E-state index contributed by atoms with van der Waals surface area (Å²) in [6.45, 7) is 2.16. The zero-order valence-corrected chi connectivity index (χ0v) is 14.1. The fourth-order valence-corrected chi connectivity index (χ4v) is 3.56. The summed E-state index contributed by atoms with van der Waals surface area (Å²) in [6.07, 6.45) is 14.2. The minimum atomic E-state index is 0.125. The highest BCUT2D eigenvalue weighted by Gasteiger charge is 2.49. The predicted octanol–water partition coefficient (Wildman–Crippen LogP) is 3.94. The van der Waals surface area contributed by atoms with Crippen molar-refractivity contribution in [1.29, 1.82) is 0 Å². The molecular weight excluding hydrogens is 372 g/mol. The molecule has 0 aliphatic carbocycles. The zero-order chi connectivity index (χ0) is 13.8. The Morgan fingerprint density at radius 1 is 1.58 bits per heavy atom. The van der Waals surface area contributed by atoms with Crippen LogP contribution in [0.15, 0.2) is 24.0 Å². The van der Waals surface area contributed by atoms with E-state index < -0.39 is 0 Å². The Labute approximate surface area is 131 Å². The van der Waals surface area contributed by atoms with Crippen molar-refractivity contribution in [2.45, 2.75) is 54.2 Å². The van der Waals surface area contributed by atoms with E-state index in [0.29, 0.717) is 4.83 Å². The lowest BCUT2D eigenvalue weighted by atomic mass is 10.1. The number of allylic oxidation sites excluding steroid dienone is 3. The Morgan fingerprint density at radius 2 is 2.37 bits per heavy atom. The molecule has 2 heterocycles. The Kier molecular flexibility index (Phi) is 5.56. The van der Waals surface area contributed by atoms with Gasteiger partial charge in [-0.1, -0.05) is 50.8 Å². The first-order valence-corrected chi connectivity index (χ1v) is 8.42.